The molecule has 30 heavy (non-hydrogen) atoms. The molecule has 0 bridgehead atoms. The predicted molar refractivity (Wildman–Crippen MR) is 117 cm³/mol. The van der Waals surface area contributed by atoms with Crippen molar-refractivity contribution in [1.29, 1.82) is 5.26 Å². The van der Waals surface area contributed by atoms with Crippen molar-refractivity contribution in [2.75, 3.05) is 12.4 Å². The van der Waals surface area contributed by atoms with Crippen LogP contribution in [0.5, 0.6) is 11.5 Å². The highest BCUT2D eigenvalue weighted by Crippen LogP contribution is 2.35. The lowest BCUT2D eigenvalue weighted by Gasteiger charge is -2.14. The first-order valence-corrected chi connectivity index (χ1v) is 11.0. The van der Waals surface area contributed by atoms with Crippen molar-refractivity contribution < 1.29 is 14.3 Å². The van der Waals surface area contributed by atoms with Crippen LogP contribution in [-0.2, 0) is 17.8 Å². The fourth-order valence-electron chi connectivity index (χ4n) is 3.44. The molecule has 158 valence electrons. The van der Waals surface area contributed by atoms with Gasteiger partial charge in [-0.2, -0.15) is 5.26 Å². The van der Waals surface area contributed by atoms with Gasteiger partial charge < -0.3 is 14.8 Å². The Balaban J connectivity index is 1.66. The van der Waals surface area contributed by atoms with Gasteiger partial charge >= 0.3 is 0 Å². The van der Waals surface area contributed by atoms with Crippen molar-refractivity contribution in [3.63, 3.8) is 0 Å². The number of aryl methyl sites for hydroxylation is 1. The van der Waals surface area contributed by atoms with Gasteiger partial charge in [0.05, 0.1) is 17.9 Å². The van der Waals surface area contributed by atoms with E-state index in [2.05, 4.69) is 16.4 Å². The van der Waals surface area contributed by atoms with Gasteiger partial charge in [0, 0.05) is 29.8 Å². The maximum Gasteiger partial charge on any atom is 0.230 e. The molecule has 2 heterocycles. The number of benzene rings is 1. The standard InChI is InChI=1S/C23H27N3O3S/c1-6-28-20-8-17-7-13(2)29-21(17)9-18(20)11-25-22(27)12-30-23-19(10-24)15(4)14(3)16(5)26-23/h8-9,13H,6-7,11-12H2,1-5H3,(H,25,27)/t13-/m1/s1. The third kappa shape index (κ3) is 4.71. The Hall–Kier alpha value is -2.72. The highest BCUT2D eigenvalue weighted by Gasteiger charge is 2.22. The van der Waals surface area contributed by atoms with E-state index in [9.17, 15) is 10.1 Å². The highest BCUT2D eigenvalue weighted by atomic mass is 32.2. The first kappa shape index (κ1) is 22.0. The number of thioether (sulfide) groups is 1. The summed E-state index contributed by atoms with van der Waals surface area (Å²) in [5, 5.41) is 13.0. The van der Waals surface area contributed by atoms with E-state index in [1.165, 1.54) is 11.8 Å². The first-order chi connectivity index (χ1) is 14.3. The minimum absolute atomic E-state index is 0.126. The largest absolute Gasteiger partial charge is 0.494 e. The zero-order chi connectivity index (χ0) is 21.8. The summed E-state index contributed by atoms with van der Waals surface area (Å²) in [6.45, 7) is 10.7. The number of carbonyl (C=O) groups is 1. The van der Waals surface area contributed by atoms with Crippen LogP contribution < -0.4 is 14.8 Å². The molecule has 1 N–H and O–H groups in total. The van der Waals surface area contributed by atoms with Crippen molar-refractivity contribution in [3.8, 4) is 17.6 Å². The molecule has 1 aromatic heterocycles. The molecular formula is C23H27N3O3S. The second-order valence-electron chi connectivity index (χ2n) is 7.44. The summed E-state index contributed by atoms with van der Waals surface area (Å²) in [6.07, 6.45) is 1.02. The first-order valence-electron chi connectivity index (χ1n) is 10.1. The maximum atomic E-state index is 12.5. The lowest BCUT2D eigenvalue weighted by Crippen LogP contribution is -2.25. The van der Waals surface area contributed by atoms with Crippen LogP contribution in [0, 0.1) is 32.1 Å². The molecular weight excluding hydrogens is 398 g/mol. The van der Waals surface area contributed by atoms with Crippen molar-refractivity contribution in [3.05, 3.63) is 45.6 Å². The molecule has 1 amide bonds. The Labute approximate surface area is 182 Å². The lowest BCUT2D eigenvalue weighted by atomic mass is 10.1. The molecule has 0 aliphatic carbocycles. The second-order valence-corrected chi connectivity index (χ2v) is 8.40. The molecule has 0 saturated carbocycles. The molecule has 0 unspecified atom stereocenters. The number of nitrogens with one attached hydrogen (secondary N) is 1. The number of rotatable bonds is 7. The zero-order valence-electron chi connectivity index (χ0n) is 18.1. The summed E-state index contributed by atoms with van der Waals surface area (Å²) < 4.78 is 11.6. The van der Waals surface area contributed by atoms with E-state index >= 15 is 0 Å². The monoisotopic (exact) mass is 425 g/mol. The number of nitriles is 1. The molecule has 7 heteroatoms. The van der Waals surface area contributed by atoms with Crippen LogP contribution in [0.2, 0.25) is 0 Å². The van der Waals surface area contributed by atoms with E-state index in [0.717, 1.165) is 45.9 Å². The van der Waals surface area contributed by atoms with Crippen LogP contribution in [0.15, 0.2) is 17.2 Å². The number of ether oxygens (including phenoxy) is 2. The number of hydrogen-bond donors (Lipinski definition) is 1. The quantitative estimate of drug-likeness (QED) is 0.675. The molecule has 1 aromatic carbocycles. The van der Waals surface area contributed by atoms with Crippen molar-refractivity contribution in [1.82, 2.24) is 10.3 Å². The summed E-state index contributed by atoms with van der Waals surface area (Å²) in [5.74, 6) is 1.70. The van der Waals surface area contributed by atoms with Crippen LogP contribution in [0.3, 0.4) is 0 Å². The highest BCUT2D eigenvalue weighted by molar-refractivity contribution is 8.00. The van der Waals surface area contributed by atoms with Crippen LogP contribution in [0.4, 0.5) is 0 Å². The SMILES string of the molecule is CCOc1cc2c(cc1CNC(=O)CSc1nc(C)c(C)c(C)c1C#N)O[C@H](C)C2. The maximum absolute atomic E-state index is 12.5. The summed E-state index contributed by atoms with van der Waals surface area (Å²) in [7, 11) is 0. The third-order valence-corrected chi connectivity index (χ3v) is 6.25. The molecule has 2 aromatic rings. The van der Waals surface area contributed by atoms with Gasteiger partial charge in [-0.05, 0) is 57.9 Å². The molecule has 6 nitrogen and oxygen atoms in total. The average Bonchev–Trinajstić information content (AvgIpc) is 3.07. The fraction of sp³-hybridized carbons (Fsp3) is 0.435. The van der Waals surface area contributed by atoms with Gasteiger partial charge in [0.25, 0.3) is 0 Å². The minimum Gasteiger partial charge on any atom is -0.494 e. The molecule has 0 radical (unpaired) electrons. The van der Waals surface area contributed by atoms with E-state index in [1.807, 2.05) is 46.8 Å². The number of carbonyl (C=O) groups excluding carboxylic acids is 1. The van der Waals surface area contributed by atoms with Crippen molar-refractivity contribution in [2.24, 2.45) is 0 Å². The number of amides is 1. The van der Waals surface area contributed by atoms with Gasteiger partial charge in [-0.1, -0.05) is 11.8 Å². The molecule has 0 spiro atoms. The smallest absolute Gasteiger partial charge is 0.230 e. The fourth-order valence-corrected chi connectivity index (χ4v) is 4.35. The number of hydrogen-bond acceptors (Lipinski definition) is 6. The van der Waals surface area contributed by atoms with Gasteiger partial charge in [-0.25, -0.2) is 4.98 Å². The molecule has 0 saturated heterocycles. The summed E-state index contributed by atoms with van der Waals surface area (Å²) in [4.78, 5) is 17.0. The van der Waals surface area contributed by atoms with Crippen molar-refractivity contribution >= 4 is 17.7 Å². The summed E-state index contributed by atoms with van der Waals surface area (Å²) >= 11 is 1.29. The van der Waals surface area contributed by atoms with Gasteiger partial charge in [0.15, 0.2) is 0 Å². The Morgan fingerprint density at radius 3 is 2.83 bits per heavy atom. The molecule has 1 aliphatic rings. The predicted octanol–water partition coefficient (Wildman–Crippen LogP) is 4.01. The van der Waals surface area contributed by atoms with Crippen LogP contribution >= 0.6 is 11.8 Å². The summed E-state index contributed by atoms with van der Waals surface area (Å²) in [6, 6.07) is 6.19. The number of fused-ring (bicyclic) bond motifs is 1. The molecule has 1 atom stereocenters. The zero-order valence-corrected chi connectivity index (χ0v) is 18.9. The van der Waals surface area contributed by atoms with Crippen molar-refractivity contribution in [2.45, 2.75) is 58.7 Å². The molecule has 1 aliphatic heterocycles. The number of nitrogens with zero attached hydrogens (tertiary/aromatic N) is 2. The van der Waals surface area contributed by atoms with Gasteiger partial charge in [0.2, 0.25) is 5.91 Å². The minimum atomic E-state index is -0.126. The van der Waals surface area contributed by atoms with E-state index in [0.29, 0.717) is 23.7 Å². The third-order valence-electron chi connectivity index (χ3n) is 5.27. The molecule has 3 rings (SSSR count). The normalized spacial score (nSPS) is 14.6. The van der Waals surface area contributed by atoms with Crippen LogP contribution in [0.25, 0.3) is 0 Å². The Morgan fingerprint density at radius 2 is 2.13 bits per heavy atom. The van der Waals surface area contributed by atoms with Gasteiger partial charge in [0.1, 0.15) is 28.7 Å². The van der Waals surface area contributed by atoms with Gasteiger partial charge in [-0.15, -0.1) is 0 Å². The van der Waals surface area contributed by atoms with E-state index in [4.69, 9.17) is 9.47 Å². The van der Waals surface area contributed by atoms with E-state index in [-0.39, 0.29) is 17.8 Å². The average molecular weight is 426 g/mol. The lowest BCUT2D eigenvalue weighted by molar-refractivity contribution is -0.118. The summed E-state index contributed by atoms with van der Waals surface area (Å²) in [5.41, 5.74) is 5.37. The Bertz CT molecular complexity index is 1010. The number of aromatic nitrogens is 1. The van der Waals surface area contributed by atoms with Crippen LogP contribution in [-0.4, -0.2) is 29.4 Å². The van der Waals surface area contributed by atoms with Gasteiger partial charge in [-0.3, -0.25) is 4.79 Å². The second kappa shape index (κ2) is 9.40. The number of pyridine rings is 1. The van der Waals surface area contributed by atoms with E-state index < -0.39 is 0 Å². The topological polar surface area (TPSA) is 84.2 Å². The van der Waals surface area contributed by atoms with E-state index in [1.54, 1.807) is 0 Å². The van der Waals surface area contributed by atoms with Crippen LogP contribution in [0.1, 0.15) is 47.4 Å². The Morgan fingerprint density at radius 1 is 1.37 bits per heavy atom. The Kier molecular flexibility index (Phi) is 6.88. The molecule has 0 fully saturated rings.